The number of hydrogen-bond donors (Lipinski definition) is 0. The first-order chi connectivity index (χ1) is 11.8. The first-order valence-corrected chi connectivity index (χ1v) is 10.3. The van der Waals surface area contributed by atoms with Crippen molar-refractivity contribution in [2.45, 2.75) is 13.8 Å². The van der Waals surface area contributed by atoms with Crippen molar-refractivity contribution in [3.8, 4) is 5.75 Å². The molecule has 3 aromatic rings. The van der Waals surface area contributed by atoms with E-state index in [9.17, 15) is 8.42 Å². The van der Waals surface area contributed by atoms with Gasteiger partial charge in [0.25, 0.3) is 10.0 Å². The molecule has 0 amide bonds. The van der Waals surface area contributed by atoms with Gasteiger partial charge in [-0.2, -0.15) is 0 Å². The molecular formula is C18H17NO3S3. The van der Waals surface area contributed by atoms with Crippen LogP contribution in [-0.4, -0.2) is 19.5 Å². The summed E-state index contributed by atoms with van der Waals surface area (Å²) in [7, 11) is -2.11. The van der Waals surface area contributed by atoms with Gasteiger partial charge in [-0.05, 0) is 67.0 Å². The molecule has 0 saturated carbocycles. The van der Waals surface area contributed by atoms with Crippen molar-refractivity contribution in [3.63, 3.8) is 0 Å². The van der Waals surface area contributed by atoms with Crippen molar-refractivity contribution < 1.29 is 13.2 Å². The molecule has 3 rings (SSSR count). The number of ether oxygens (including phenoxy) is 1. The SMILES string of the molecule is COc1cc(/C=C/S(=O)(=O)n2c(=S)sc3ccccc32)cc(C)c1C. The Kier molecular flexibility index (Phi) is 4.81. The third kappa shape index (κ3) is 3.40. The highest BCUT2D eigenvalue weighted by Crippen LogP contribution is 2.27. The summed E-state index contributed by atoms with van der Waals surface area (Å²) < 4.78 is 33.3. The normalized spacial score (nSPS) is 12.1. The Balaban J connectivity index is 2.07. The van der Waals surface area contributed by atoms with Crippen LogP contribution in [0.2, 0.25) is 0 Å². The Morgan fingerprint density at radius 2 is 1.92 bits per heavy atom. The van der Waals surface area contributed by atoms with Crippen LogP contribution in [0.15, 0.2) is 41.8 Å². The van der Waals surface area contributed by atoms with Crippen LogP contribution in [0.3, 0.4) is 0 Å². The van der Waals surface area contributed by atoms with Crippen LogP contribution in [-0.2, 0) is 10.0 Å². The molecule has 1 heterocycles. The van der Waals surface area contributed by atoms with E-state index in [-0.39, 0.29) is 0 Å². The van der Waals surface area contributed by atoms with Crippen molar-refractivity contribution in [1.29, 1.82) is 0 Å². The molecule has 0 N–H and O–H groups in total. The van der Waals surface area contributed by atoms with Crippen molar-refractivity contribution in [2.24, 2.45) is 0 Å². The lowest BCUT2D eigenvalue weighted by Crippen LogP contribution is -2.08. The van der Waals surface area contributed by atoms with Crippen LogP contribution >= 0.6 is 23.6 Å². The molecule has 0 unspecified atom stereocenters. The van der Waals surface area contributed by atoms with Gasteiger partial charge in [0.1, 0.15) is 5.75 Å². The second kappa shape index (κ2) is 6.74. The number of aromatic nitrogens is 1. The fraction of sp³-hybridized carbons (Fsp3) is 0.167. The minimum atomic E-state index is -3.71. The molecule has 1 aromatic heterocycles. The Bertz CT molecular complexity index is 1140. The minimum absolute atomic E-state index is 0.309. The van der Waals surface area contributed by atoms with Crippen molar-refractivity contribution >= 4 is 49.9 Å². The summed E-state index contributed by atoms with van der Waals surface area (Å²) in [6.45, 7) is 3.93. The zero-order chi connectivity index (χ0) is 18.2. The van der Waals surface area contributed by atoms with Gasteiger partial charge in [0.15, 0.2) is 3.95 Å². The van der Waals surface area contributed by atoms with Gasteiger partial charge in [-0.1, -0.05) is 18.2 Å². The molecule has 130 valence electrons. The largest absolute Gasteiger partial charge is 0.496 e. The van der Waals surface area contributed by atoms with Crippen LogP contribution < -0.4 is 4.74 Å². The first-order valence-electron chi connectivity index (χ1n) is 7.53. The molecule has 7 heteroatoms. The number of thiazole rings is 1. The molecule has 0 radical (unpaired) electrons. The summed E-state index contributed by atoms with van der Waals surface area (Å²) in [6, 6.07) is 11.0. The number of methoxy groups -OCH3 is 1. The Labute approximate surface area is 156 Å². The number of nitrogens with zero attached hydrogens (tertiary/aromatic N) is 1. The van der Waals surface area contributed by atoms with E-state index in [0.717, 1.165) is 27.1 Å². The average Bonchev–Trinajstić information content (AvgIpc) is 2.92. The molecule has 4 nitrogen and oxygen atoms in total. The number of para-hydroxylation sites is 1. The first kappa shape index (κ1) is 17.8. The van der Waals surface area contributed by atoms with Gasteiger partial charge in [-0.3, -0.25) is 0 Å². The summed E-state index contributed by atoms with van der Waals surface area (Å²) in [5.41, 5.74) is 3.43. The maximum absolute atomic E-state index is 12.8. The number of aryl methyl sites for hydroxylation is 1. The summed E-state index contributed by atoms with van der Waals surface area (Å²) in [4.78, 5) is 0. The van der Waals surface area contributed by atoms with Crippen molar-refractivity contribution in [3.05, 3.63) is 62.5 Å². The molecule has 0 aliphatic rings. The summed E-state index contributed by atoms with van der Waals surface area (Å²) >= 11 is 6.54. The van der Waals surface area contributed by atoms with Gasteiger partial charge >= 0.3 is 0 Å². The van der Waals surface area contributed by atoms with Crippen LogP contribution in [0.4, 0.5) is 0 Å². The number of fused-ring (bicyclic) bond motifs is 1. The van der Waals surface area contributed by atoms with Crippen LogP contribution in [0.1, 0.15) is 16.7 Å². The van der Waals surface area contributed by atoms with Crippen LogP contribution in [0.25, 0.3) is 16.3 Å². The predicted octanol–water partition coefficient (Wildman–Crippen LogP) is 4.91. The lowest BCUT2D eigenvalue weighted by molar-refractivity contribution is 0.411. The van der Waals surface area contributed by atoms with Gasteiger partial charge < -0.3 is 4.74 Å². The molecule has 0 aliphatic heterocycles. The van der Waals surface area contributed by atoms with Gasteiger partial charge in [0.2, 0.25) is 0 Å². The van der Waals surface area contributed by atoms with Gasteiger partial charge in [0, 0.05) is 0 Å². The van der Waals surface area contributed by atoms with E-state index in [4.69, 9.17) is 17.0 Å². The smallest absolute Gasteiger partial charge is 0.263 e. The van der Waals surface area contributed by atoms with E-state index in [2.05, 4.69) is 0 Å². The van der Waals surface area contributed by atoms with E-state index in [1.54, 1.807) is 25.3 Å². The molecule has 0 atom stereocenters. The monoisotopic (exact) mass is 391 g/mol. The average molecular weight is 392 g/mol. The molecule has 0 saturated heterocycles. The van der Waals surface area contributed by atoms with Crippen LogP contribution in [0, 0.1) is 17.8 Å². The fourth-order valence-corrected chi connectivity index (χ4v) is 5.61. The van der Waals surface area contributed by atoms with E-state index in [1.165, 1.54) is 20.7 Å². The Morgan fingerprint density at radius 3 is 2.64 bits per heavy atom. The molecule has 0 bridgehead atoms. The molecule has 0 aliphatic carbocycles. The number of hydrogen-bond acceptors (Lipinski definition) is 5. The lowest BCUT2D eigenvalue weighted by atomic mass is 10.1. The highest BCUT2D eigenvalue weighted by molar-refractivity contribution is 7.93. The third-order valence-corrected chi connectivity index (χ3v) is 6.95. The standard InChI is InChI=1S/C18H17NO3S3/c1-12-10-14(11-16(22-3)13(12)2)8-9-25(20,21)19-15-6-4-5-7-17(15)24-18(19)23/h4-11H,1-3H3/b9-8+. The zero-order valence-corrected chi connectivity index (χ0v) is 16.5. The summed E-state index contributed by atoms with van der Waals surface area (Å²) in [5.74, 6) is 0.731. The van der Waals surface area contributed by atoms with Gasteiger partial charge in [-0.15, -0.1) is 11.3 Å². The van der Waals surface area contributed by atoms with Crippen LogP contribution in [0.5, 0.6) is 5.75 Å². The van der Waals surface area contributed by atoms with Gasteiger partial charge in [-0.25, -0.2) is 12.4 Å². The van der Waals surface area contributed by atoms with E-state index >= 15 is 0 Å². The Hall–Kier alpha value is -1.96. The molecule has 0 fully saturated rings. The molecule has 25 heavy (non-hydrogen) atoms. The predicted molar refractivity (Wildman–Crippen MR) is 106 cm³/mol. The maximum Gasteiger partial charge on any atom is 0.263 e. The van der Waals surface area contributed by atoms with E-state index in [0.29, 0.717) is 9.47 Å². The van der Waals surface area contributed by atoms with Crippen molar-refractivity contribution in [2.75, 3.05) is 7.11 Å². The zero-order valence-electron chi connectivity index (χ0n) is 14.0. The number of rotatable bonds is 4. The topological polar surface area (TPSA) is 48.3 Å². The summed E-state index contributed by atoms with van der Waals surface area (Å²) in [6.07, 6.45) is 1.57. The quantitative estimate of drug-likeness (QED) is 0.593. The highest BCUT2D eigenvalue weighted by Gasteiger charge is 2.15. The molecular weight excluding hydrogens is 374 g/mol. The third-order valence-electron chi connectivity index (χ3n) is 4.00. The van der Waals surface area contributed by atoms with Gasteiger partial charge in [0.05, 0.1) is 22.7 Å². The van der Waals surface area contributed by atoms with E-state index < -0.39 is 10.0 Å². The second-order valence-corrected chi connectivity index (χ2v) is 8.96. The number of benzene rings is 2. The minimum Gasteiger partial charge on any atom is -0.496 e. The highest BCUT2D eigenvalue weighted by atomic mass is 32.2. The Morgan fingerprint density at radius 1 is 1.20 bits per heavy atom. The maximum atomic E-state index is 12.8. The molecule has 0 spiro atoms. The molecule has 2 aromatic carbocycles. The summed E-state index contributed by atoms with van der Waals surface area (Å²) in [5, 5.41) is 1.19. The lowest BCUT2D eigenvalue weighted by Gasteiger charge is -2.09. The second-order valence-electron chi connectivity index (χ2n) is 5.61. The fourth-order valence-electron chi connectivity index (χ4n) is 2.57. The van der Waals surface area contributed by atoms with E-state index in [1.807, 2.05) is 38.1 Å². The van der Waals surface area contributed by atoms with Crippen molar-refractivity contribution in [1.82, 2.24) is 3.97 Å².